The molecule has 0 unspecified atom stereocenters. The minimum absolute atomic E-state index is 0.696. The Balaban J connectivity index is 0.880. The van der Waals surface area contributed by atoms with E-state index in [0.717, 1.165) is 61.4 Å². The Labute approximate surface area is 446 Å². The minimum atomic E-state index is 0.696. The van der Waals surface area contributed by atoms with Gasteiger partial charge in [-0.15, -0.1) is 11.3 Å². The molecule has 0 atom stereocenters. The first kappa shape index (κ1) is 43.5. The van der Waals surface area contributed by atoms with Crippen molar-refractivity contribution >= 4 is 107 Å². The smallest absolute Gasteiger partial charge is 0.160 e. The van der Waals surface area contributed by atoms with E-state index in [2.05, 4.69) is 243 Å². The van der Waals surface area contributed by atoms with E-state index in [1.165, 1.54) is 90.4 Å². The molecule has 77 heavy (non-hydrogen) atoms. The summed E-state index contributed by atoms with van der Waals surface area (Å²) >= 11 is 1.86. The van der Waals surface area contributed by atoms with Crippen LogP contribution in [-0.2, 0) is 0 Å². The van der Waals surface area contributed by atoms with Gasteiger partial charge in [-0.1, -0.05) is 206 Å². The summed E-state index contributed by atoms with van der Waals surface area (Å²) in [4.78, 5) is 21.3. The van der Waals surface area contributed by atoms with E-state index in [1.54, 1.807) is 0 Å². The van der Waals surface area contributed by atoms with Gasteiger partial charge in [0.15, 0.2) is 11.6 Å². The van der Waals surface area contributed by atoms with Crippen molar-refractivity contribution in [3.8, 4) is 67.7 Å². The number of aromatic nitrogens is 4. The number of benzene rings is 13. The zero-order chi connectivity index (χ0) is 50.6. The molecule has 4 nitrogen and oxygen atoms in total. The molecule has 0 N–H and O–H groups in total. The molecule has 356 valence electrons. The maximum atomic E-state index is 5.57. The van der Waals surface area contributed by atoms with Crippen LogP contribution in [0.1, 0.15) is 0 Å². The van der Waals surface area contributed by atoms with Crippen LogP contribution >= 0.6 is 11.3 Å². The second-order valence-corrected chi connectivity index (χ2v) is 21.1. The molecule has 0 radical (unpaired) electrons. The molecule has 0 fully saturated rings. The molecule has 3 heterocycles. The molecule has 0 spiro atoms. The maximum absolute atomic E-state index is 5.57. The number of nitrogens with zero attached hydrogens (tertiary/aromatic N) is 4. The van der Waals surface area contributed by atoms with Crippen molar-refractivity contribution in [3.05, 3.63) is 255 Å². The Hall–Kier alpha value is -9.94. The van der Waals surface area contributed by atoms with Crippen LogP contribution in [0.3, 0.4) is 0 Å². The highest BCUT2D eigenvalue weighted by Crippen LogP contribution is 2.46. The van der Waals surface area contributed by atoms with Crippen LogP contribution in [0.15, 0.2) is 255 Å². The minimum Gasteiger partial charge on any atom is -0.228 e. The molecule has 16 aromatic rings. The Bertz CT molecular complexity index is 4990. The first-order chi connectivity index (χ1) is 38.1. The third-order valence-corrected chi connectivity index (χ3v) is 16.8. The van der Waals surface area contributed by atoms with Crippen molar-refractivity contribution in [1.29, 1.82) is 0 Å². The van der Waals surface area contributed by atoms with E-state index in [9.17, 15) is 0 Å². The van der Waals surface area contributed by atoms with Gasteiger partial charge in [-0.2, -0.15) is 0 Å². The van der Waals surface area contributed by atoms with Gasteiger partial charge in [0.1, 0.15) is 0 Å². The predicted octanol–water partition coefficient (Wildman–Crippen LogP) is 19.7. The van der Waals surface area contributed by atoms with Crippen LogP contribution in [0.5, 0.6) is 0 Å². The summed E-state index contributed by atoms with van der Waals surface area (Å²) in [5, 5.41) is 18.0. The average molecular weight is 995 g/mol. The fourth-order valence-corrected chi connectivity index (χ4v) is 13.2. The van der Waals surface area contributed by atoms with Crippen molar-refractivity contribution in [3.63, 3.8) is 0 Å². The van der Waals surface area contributed by atoms with Crippen LogP contribution in [-0.4, -0.2) is 19.9 Å². The summed E-state index contributed by atoms with van der Waals surface area (Å²) in [5.74, 6) is 1.40. The largest absolute Gasteiger partial charge is 0.228 e. The second kappa shape index (κ2) is 17.3. The summed E-state index contributed by atoms with van der Waals surface area (Å²) in [6.07, 6.45) is 0. The maximum Gasteiger partial charge on any atom is 0.160 e. The van der Waals surface area contributed by atoms with E-state index in [4.69, 9.17) is 19.9 Å². The van der Waals surface area contributed by atoms with Crippen LogP contribution in [0.25, 0.3) is 163 Å². The molecule has 16 rings (SSSR count). The van der Waals surface area contributed by atoms with Gasteiger partial charge in [-0.05, 0) is 119 Å². The lowest BCUT2D eigenvalue weighted by Crippen LogP contribution is -1.96. The number of hydrogen-bond acceptors (Lipinski definition) is 5. The van der Waals surface area contributed by atoms with E-state index in [-0.39, 0.29) is 0 Å². The van der Waals surface area contributed by atoms with Gasteiger partial charge in [0, 0.05) is 58.9 Å². The summed E-state index contributed by atoms with van der Waals surface area (Å²) < 4.78 is 2.51. The zero-order valence-electron chi connectivity index (χ0n) is 41.4. The van der Waals surface area contributed by atoms with Gasteiger partial charge >= 0.3 is 0 Å². The van der Waals surface area contributed by atoms with Gasteiger partial charge in [-0.3, -0.25) is 0 Å². The van der Waals surface area contributed by atoms with Gasteiger partial charge < -0.3 is 0 Å². The monoisotopic (exact) mass is 994 g/mol. The number of thiophene rings is 1. The lowest BCUT2D eigenvalue weighted by atomic mass is 9.90. The van der Waals surface area contributed by atoms with Crippen molar-refractivity contribution in [2.45, 2.75) is 0 Å². The molecule has 3 aromatic heterocycles. The quantitative estimate of drug-likeness (QED) is 0.156. The van der Waals surface area contributed by atoms with Crippen molar-refractivity contribution in [1.82, 2.24) is 19.9 Å². The van der Waals surface area contributed by atoms with E-state index in [1.807, 2.05) is 23.5 Å². The van der Waals surface area contributed by atoms with Gasteiger partial charge in [-0.25, -0.2) is 19.9 Å². The molecule has 0 aliphatic carbocycles. The molecular weight excluding hydrogens is 953 g/mol. The average Bonchev–Trinajstić information content (AvgIpc) is 3.90. The van der Waals surface area contributed by atoms with Crippen molar-refractivity contribution in [2.75, 3.05) is 0 Å². The van der Waals surface area contributed by atoms with Crippen molar-refractivity contribution < 1.29 is 0 Å². The Morgan fingerprint density at radius 1 is 0.234 bits per heavy atom. The van der Waals surface area contributed by atoms with Crippen LogP contribution in [0.2, 0.25) is 0 Å². The Kier molecular flexibility index (Phi) is 9.78. The van der Waals surface area contributed by atoms with Crippen LogP contribution < -0.4 is 0 Å². The van der Waals surface area contributed by atoms with E-state index < -0.39 is 0 Å². The summed E-state index contributed by atoms with van der Waals surface area (Å²) in [6.45, 7) is 0. The summed E-state index contributed by atoms with van der Waals surface area (Å²) in [5.41, 5.74) is 11.1. The summed E-state index contributed by atoms with van der Waals surface area (Å²) in [7, 11) is 0. The first-order valence-electron chi connectivity index (χ1n) is 26.1. The summed E-state index contributed by atoms with van der Waals surface area (Å²) in [6, 6.07) is 91.7. The molecule has 0 saturated heterocycles. The van der Waals surface area contributed by atoms with E-state index >= 15 is 0 Å². The van der Waals surface area contributed by atoms with E-state index in [0.29, 0.717) is 11.6 Å². The molecule has 0 bridgehead atoms. The lowest BCUT2D eigenvalue weighted by molar-refractivity contribution is 1.18. The standard InChI is InChI=1S/C72H42N4S/c1-3-17-43(18-4-1)66-42-67(44-19-5-2-6-20-44)75-71(74-66)46-32-36-57-56-34-31-45(37-61(56)53-25-11-12-26-54(53)63(57)38-46)60-40-48(41-64-58-27-14-16-30-68(58)77-70(60)64)69-59-28-13-15-29-65(59)73-72(76-69)47-33-35-55-51-23-8-7-21-49(51)50-22-9-10-24-52(50)62(55)39-47/h1-42H. The Morgan fingerprint density at radius 2 is 0.636 bits per heavy atom. The van der Waals surface area contributed by atoms with Crippen molar-refractivity contribution in [2.24, 2.45) is 0 Å². The van der Waals surface area contributed by atoms with Gasteiger partial charge in [0.05, 0.1) is 22.6 Å². The molecular formula is C72H42N4S. The number of fused-ring (bicyclic) bond motifs is 16. The third kappa shape index (κ3) is 7.05. The first-order valence-corrected chi connectivity index (χ1v) is 26.9. The molecule has 0 saturated carbocycles. The van der Waals surface area contributed by atoms with Gasteiger partial charge in [0.25, 0.3) is 0 Å². The molecule has 0 aliphatic rings. The fraction of sp³-hybridized carbons (Fsp3) is 0. The molecule has 0 amide bonds. The van der Waals surface area contributed by atoms with Crippen LogP contribution in [0.4, 0.5) is 0 Å². The third-order valence-electron chi connectivity index (χ3n) is 15.6. The lowest BCUT2D eigenvalue weighted by Gasteiger charge is -2.15. The fourth-order valence-electron chi connectivity index (χ4n) is 12.0. The normalized spacial score (nSPS) is 11.9. The van der Waals surface area contributed by atoms with Gasteiger partial charge in [0.2, 0.25) is 0 Å². The zero-order valence-corrected chi connectivity index (χ0v) is 42.3. The highest BCUT2D eigenvalue weighted by atomic mass is 32.1. The second-order valence-electron chi connectivity index (χ2n) is 20.0. The SMILES string of the molecule is c1ccc(-c2cc(-c3ccccc3)nc(-c3ccc4c5ccc(-c6cc(-c7nc(-c8ccc9c%10ccccc%10c%10ccccc%10c9c8)nc8ccccc78)cc7c6sc6ccccc67)cc5c5ccccc5c4c3)n2)cc1. The topological polar surface area (TPSA) is 51.6 Å². The van der Waals surface area contributed by atoms with Crippen LogP contribution in [0, 0.1) is 0 Å². The highest BCUT2D eigenvalue weighted by molar-refractivity contribution is 7.26. The molecule has 5 heteroatoms. The number of rotatable bonds is 6. The number of para-hydroxylation sites is 1. The predicted molar refractivity (Wildman–Crippen MR) is 326 cm³/mol. The molecule has 13 aromatic carbocycles. The highest BCUT2D eigenvalue weighted by Gasteiger charge is 2.21. The Morgan fingerprint density at radius 3 is 1.18 bits per heavy atom. The number of hydrogen-bond donors (Lipinski definition) is 0. The molecule has 0 aliphatic heterocycles.